The van der Waals surface area contributed by atoms with Crippen LogP contribution in [0, 0.1) is 5.82 Å². The summed E-state index contributed by atoms with van der Waals surface area (Å²) in [5.74, 6) is 1.20. The van der Waals surface area contributed by atoms with Gasteiger partial charge in [0.1, 0.15) is 11.5 Å². The Labute approximate surface area is 164 Å². The smallest absolute Gasteiger partial charge is 0.354 e. The van der Waals surface area contributed by atoms with Crippen molar-refractivity contribution in [3.05, 3.63) is 61.1 Å². The molecular weight excluding hydrogens is 423 g/mol. The highest BCUT2D eigenvalue weighted by molar-refractivity contribution is 6.33. The maximum atomic E-state index is 14.4. The molecule has 0 aliphatic carbocycles. The van der Waals surface area contributed by atoms with E-state index in [1.165, 1.54) is 0 Å². The molecule has 0 atom stereocenters. The maximum absolute atomic E-state index is 14.4. The van der Waals surface area contributed by atoms with Crippen LogP contribution in [0.1, 0.15) is 36.3 Å². The van der Waals surface area contributed by atoms with E-state index in [1.54, 1.807) is 0 Å². The van der Waals surface area contributed by atoms with Crippen molar-refractivity contribution in [2.75, 3.05) is 5.84 Å². The molecule has 0 radical (unpaired) electrons. The lowest BCUT2D eigenvalue weighted by Gasteiger charge is -2.20. The number of carboxylic acids is 1. The van der Waals surface area contributed by atoms with Gasteiger partial charge in [0.15, 0.2) is 0 Å². The molecule has 0 amide bonds. The summed E-state index contributed by atoms with van der Waals surface area (Å²) in [6, 6.07) is 1.53. The average molecular weight is 436 g/mol. The van der Waals surface area contributed by atoms with Gasteiger partial charge in [0, 0.05) is 6.07 Å². The molecular formula is C16H13ClF3N3O6. The van der Waals surface area contributed by atoms with E-state index in [9.17, 15) is 32.3 Å². The lowest BCUT2D eigenvalue weighted by molar-refractivity contribution is -0.155. The largest absolute Gasteiger partial charge is 0.478 e. The Bertz CT molecular complexity index is 1130. The number of ether oxygens (including phenoxy) is 1. The number of alkyl halides is 2. The van der Waals surface area contributed by atoms with Crippen LogP contribution in [0.5, 0.6) is 0 Å². The highest BCUT2D eigenvalue weighted by Crippen LogP contribution is 2.25. The third kappa shape index (κ3) is 4.11. The summed E-state index contributed by atoms with van der Waals surface area (Å²) in [4.78, 5) is 47.7. The second-order valence-electron chi connectivity index (χ2n) is 6.18. The molecule has 2 aromatic rings. The second kappa shape index (κ2) is 7.62. The van der Waals surface area contributed by atoms with Crippen LogP contribution in [-0.2, 0) is 9.53 Å². The van der Waals surface area contributed by atoms with Gasteiger partial charge in [-0.1, -0.05) is 11.6 Å². The first-order valence-corrected chi connectivity index (χ1v) is 8.04. The number of nitrogens with zero attached hydrogens (tertiary/aromatic N) is 2. The molecule has 0 saturated carbocycles. The van der Waals surface area contributed by atoms with Crippen LogP contribution in [0.4, 0.5) is 13.2 Å². The molecule has 0 spiro atoms. The third-order valence-electron chi connectivity index (χ3n) is 3.75. The molecule has 0 aliphatic heterocycles. The molecule has 0 bridgehead atoms. The van der Waals surface area contributed by atoms with Gasteiger partial charge < -0.3 is 15.7 Å². The topological polar surface area (TPSA) is 134 Å². The van der Waals surface area contributed by atoms with Crippen LogP contribution in [0.2, 0.25) is 5.02 Å². The van der Waals surface area contributed by atoms with Crippen LogP contribution in [0.3, 0.4) is 0 Å². The van der Waals surface area contributed by atoms with E-state index in [2.05, 4.69) is 0 Å². The molecule has 0 aliphatic rings. The average Bonchev–Trinajstić information content (AvgIpc) is 2.58. The Hall–Kier alpha value is -3.28. The number of aromatic nitrogens is 2. The number of carbonyl (C=O) groups is 2. The van der Waals surface area contributed by atoms with Gasteiger partial charge in [0.2, 0.25) is 5.60 Å². The van der Waals surface area contributed by atoms with Crippen molar-refractivity contribution in [1.82, 2.24) is 9.24 Å². The summed E-state index contributed by atoms with van der Waals surface area (Å²) in [6.07, 6.45) is -3.26. The number of nitrogen functional groups attached to an aromatic ring is 1. The summed E-state index contributed by atoms with van der Waals surface area (Å²) in [5, 5.41) is 8.51. The molecule has 0 saturated heterocycles. The molecule has 29 heavy (non-hydrogen) atoms. The number of esters is 1. The molecule has 0 fully saturated rings. The number of halogens is 4. The normalized spacial score (nSPS) is 11.6. The fourth-order valence-electron chi connectivity index (χ4n) is 2.16. The first-order valence-electron chi connectivity index (χ1n) is 7.66. The van der Waals surface area contributed by atoms with Crippen LogP contribution in [0.25, 0.3) is 5.69 Å². The Kier molecular flexibility index (Phi) is 5.79. The van der Waals surface area contributed by atoms with E-state index < -0.39 is 63.0 Å². The van der Waals surface area contributed by atoms with E-state index in [1.807, 2.05) is 0 Å². The number of carboxylic acid groups (broad SMARTS) is 1. The van der Waals surface area contributed by atoms with Crippen molar-refractivity contribution < 1.29 is 32.6 Å². The van der Waals surface area contributed by atoms with Gasteiger partial charge in [0.25, 0.3) is 12.0 Å². The molecule has 1 aromatic carbocycles. The molecule has 0 unspecified atom stereocenters. The predicted octanol–water partition coefficient (Wildman–Crippen LogP) is 1.46. The van der Waals surface area contributed by atoms with Gasteiger partial charge in [0.05, 0.1) is 16.3 Å². The molecule has 2 rings (SSSR count). The van der Waals surface area contributed by atoms with E-state index in [-0.39, 0.29) is 9.24 Å². The molecule has 9 nitrogen and oxygen atoms in total. The van der Waals surface area contributed by atoms with Gasteiger partial charge in [-0.2, -0.15) is 0 Å². The first kappa shape index (κ1) is 22.0. The molecule has 1 heterocycles. The zero-order valence-corrected chi connectivity index (χ0v) is 15.5. The molecule has 156 valence electrons. The van der Waals surface area contributed by atoms with E-state index in [0.717, 1.165) is 13.8 Å². The van der Waals surface area contributed by atoms with Crippen molar-refractivity contribution in [1.29, 1.82) is 0 Å². The monoisotopic (exact) mass is 435 g/mol. The lowest BCUT2D eigenvalue weighted by atomic mass is 10.1. The zero-order valence-electron chi connectivity index (χ0n) is 14.8. The minimum atomic E-state index is -3.26. The van der Waals surface area contributed by atoms with Crippen LogP contribution in [0.15, 0.2) is 27.8 Å². The standard InChI is InChI=1S/C16H13ClF3N3O6/c1-16(2,14(26)27)29-13(25)6-3-9(8(18)4-7(6)17)22-11(24)5-10(12(19)20)23(21)15(22)28/h3-5,12H,21H2,1-2H3,(H,26,27). The summed E-state index contributed by atoms with van der Waals surface area (Å²) < 4.78 is 44.9. The van der Waals surface area contributed by atoms with E-state index in [0.29, 0.717) is 18.2 Å². The Balaban J connectivity index is 2.69. The number of nitrogens with two attached hydrogens (primary N) is 1. The summed E-state index contributed by atoms with van der Waals surface area (Å²) in [5.41, 5.74) is -7.35. The predicted molar refractivity (Wildman–Crippen MR) is 93.5 cm³/mol. The van der Waals surface area contributed by atoms with E-state index in [4.69, 9.17) is 27.3 Å². The summed E-state index contributed by atoms with van der Waals surface area (Å²) in [7, 11) is 0. The minimum Gasteiger partial charge on any atom is -0.478 e. The third-order valence-corrected chi connectivity index (χ3v) is 4.06. The van der Waals surface area contributed by atoms with Crippen LogP contribution < -0.4 is 17.1 Å². The van der Waals surface area contributed by atoms with Gasteiger partial charge in [-0.25, -0.2) is 36.8 Å². The molecule has 1 aromatic heterocycles. The fourth-order valence-corrected chi connectivity index (χ4v) is 2.39. The molecule has 13 heteroatoms. The summed E-state index contributed by atoms with van der Waals surface area (Å²) in [6.45, 7) is 2.12. The Morgan fingerprint density at radius 3 is 2.34 bits per heavy atom. The number of benzene rings is 1. The van der Waals surface area contributed by atoms with Gasteiger partial charge >= 0.3 is 17.6 Å². The number of hydrogen-bond donors (Lipinski definition) is 2. The quantitative estimate of drug-likeness (QED) is 0.536. The van der Waals surface area contributed by atoms with Crippen LogP contribution in [-0.4, -0.2) is 31.9 Å². The van der Waals surface area contributed by atoms with Crippen molar-refractivity contribution >= 4 is 23.5 Å². The second-order valence-corrected chi connectivity index (χ2v) is 6.59. The lowest BCUT2D eigenvalue weighted by Crippen LogP contribution is -2.44. The van der Waals surface area contributed by atoms with Crippen molar-refractivity contribution in [3.8, 4) is 5.69 Å². The van der Waals surface area contributed by atoms with E-state index >= 15 is 0 Å². The molecule has 3 N–H and O–H groups in total. The number of hydrogen-bond acceptors (Lipinski definition) is 6. The zero-order chi connectivity index (χ0) is 22.3. The van der Waals surface area contributed by atoms with Crippen molar-refractivity contribution in [2.24, 2.45) is 0 Å². The first-order chi connectivity index (χ1) is 13.3. The number of aliphatic carboxylic acids is 1. The summed E-state index contributed by atoms with van der Waals surface area (Å²) >= 11 is 5.79. The van der Waals surface area contributed by atoms with Gasteiger partial charge in [-0.05, 0) is 26.0 Å². The van der Waals surface area contributed by atoms with Crippen molar-refractivity contribution in [2.45, 2.75) is 25.9 Å². The fraction of sp³-hybridized carbons (Fsp3) is 0.250. The Morgan fingerprint density at radius 2 is 1.83 bits per heavy atom. The SMILES string of the molecule is CC(C)(OC(=O)c1cc(-n2c(=O)cc(C(F)F)n(N)c2=O)c(F)cc1Cl)C(=O)O. The highest BCUT2D eigenvalue weighted by atomic mass is 35.5. The highest BCUT2D eigenvalue weighted by Gasteiger charge is 2.33. The number of carbonyl (C=O) groups excluding carboxylic acids is 1. The van der Waals surface area contributed by atoms with Crippen molar-refractivity contribution in [3.63, 3.8) is 0 Å². The minimum absolute atomic E-state index is 0.0500. The maximum Gasteiger partial charge on any atom is 0.354 e. The Morgan fingerprint density at radius 1 is 1.24 bits per heavy atom. The number of rotatable bonds is 5. The van der Waals surface area contributed by atoms with Crippen LogP contribution >= 0.6 is 11.6 Å². The van der Waals surface area contributed by atoms with Gasteiger partial charge in [-0.3, -0.25) is 4.79 Å². The van der Waals surface area contributed by atoms with Gasteiger partial charge in [-0.15, -0.1) is 0 Å².